The Morgan fingerprint density at radius 1 is 1.20 bits per heavy atom. The maximum Gasteiger partial charge on any atom is 0.243 e. The molecule has 0 aliphatic carbocycles. The lowest BCUT2D eigenvalue weighted by Gasteiger charge is -2.31. The first-order valence-corrected chi connectivity index (χ1v) is 11.5. The van der Waals surface area contributed by atoms with E-state index in [-0.39, 0.29) is 17.3 Å². The number of carbonyl (C=O) groups is 1. The quantitative estimate of drug-likeness (QED) is 0.724. The average molecular weight is 433 g/mol. The van der Waals surface area contributed by atoms with Crippen molar-refractivity contribution in [3.8, 4) is 11.5 Å². The topological polar surface area (TPSA) is 84.9 Å². The maximum absolute atomic E-state index is 13.1. The molecule has 1 amide bonds. The third kappa shape index (κ3) is 4.94. The van der Waals surface area contributed by atoms with Gasteiger partial charge in [-0.05, 0) is 68.7 Å². The molecule has 7 nitrogen and oxygen atoms in total. The van der Waals surface area contributed by atoms with E-state index in [9.17, 15) is 13.2 Å². The largest absolute Gasteiger partial charge is 0.495 e. The van der Waals surface area contributed by atoms with Crippen molar-refractivity contribution >= 4 is 21.6 Å². The molecular weight excluding hydrogens is 404 g/mol. The SMILES string of the molecule is CCOc1ccc(S(=O)(=O)N2CCC[C@@H](C(=O)Nc3cc(C)ccc3OC)C2)cc1. The zero-order chi connectivity index (χ0) is 21.7. The standard InChI is InChI=1S/C22H28N2O5S/c1-4-29-18-8-10-19(11-9-18)30(26,27)24-13-5-6-17(15-24)22(25)23-20-14-16(2)7-12-21(20)28-3/h7-12,14,17H,4-6,13,15H2,1-3H3,(H,23,25)/t17-/m1/s1. The van der Waals surface area contributed by atoms with Gasteiger partial charge in [-0.1, -0.05) is 6.07 Å². The molecule has 1 N–H and O–H groups in total. The Morgan fingerprint density at radius 3 is 2.60 bits per heavy atom. The maximum atomic E-state index is 13.1. The number of anilines is 1. The number of rotatable bonds is 7. The van der Waals surface area contributed by atoms with Crippen LogP contribution < -0.4 is 14.8 Å². The van der Waals surface area contributed by atoms with Gasteiger partial charge in [-0.15, -0.1) is 0 Å². The lowest BCUT2D eigenvalue weighted by atomic mass is 9.98. The Hall–Kier alpha value is -2.58. The molecule has 1 aliphatic heterocycles. The van der Waals surface area contributed by atoms with Crippen LogP contribution in [0.5, 0.6) is 11.5 Å². The van der Waals surface area contributed by atoms with Crippen LogP contribution in [-0.4, -0.2) is 45.4 Å². The van der Waals surface area contributed by atoms with Crippen molar-refractivity contribution in [2.24, 2.45) is 5.92 Å². The molecule has 1 heterocycles. The van der Waals surface area contributed by atoms with E-state index < -0.39 is 15.9 Å². The summed E-state index contributed by atoms with van der Waals surface area (Å²) in [6.45, 7) is 4.86. The van der Waals surface area contributed by atoms with Crippen LogP contribution in [0.25, 0.3) is 0 Å². The van der Waals surface area contributed by atoms with Crippen LogP contribution in [0.4, 0.5) is 5.69 Å². The van der Waals surface area contributed by atoms with E-state index in [1.54, 1.807) is 37.4 Å². The zero-order valence-corrected chi connectivity index (χ0v) is 18.4. The van der Waals surface area contributed by atoms with E-state index in [1.165, 1.54) is 4.31 Å². The molecular formula is C22H28N2O5S. The van der Waals surface area contributed by atoms with Crippen LogP contribution >= 0.6 is 0 Å². The summed E-state index contributed by atoms with van der Waals surface area (Å²) in [5, 5.41) is 2.90. The first kappa shape index (κ1) is 22.1. The fourth-order valence-electron chi connectivity index (χ4n) is 3.55. The first-order chi connectivity index (χ1) is 14.3. The second-order valence-electron chi connectivity index (χ2n) is 7.30. The van der Waals surface area contributed by atoms with E-state index in [0.29, 0.717) is 43.2 Å². The number of methoxy groups -OCH3 is 1. The number of aryl methyl sites for hydroxylation is 1. The van der Waals surface area contributed by atoms with Crippen LogP contribution in [0, 0.1) is 12.8 Å². The summed E-state index contributed by atoms with van der Waals surface area (Å²) >= 11 is 0. The molecule has 1 aliphatic rings. The Balaban J connectivity index is 1.73. The minimum atomic E-state index is -3.68. The number of sulfonamides is 1. The molecule has 162 valence electrons. The molecule has 1 fully saturated rings. The zero-order valence-electron chi connectivity index (χ0n) is 17.6. The van der Waals surface area contributed by atoms with Gasteiger partial charge in [0.05, 0.1) is 30.2 Å². The third-order valence-corrected chi connectivity index (χ3v) is 7.02. The fraction of sp³-hybridized carbons (Fsp3) is 0.409. The van der Waals surface area contributed by atoms with Crippen molar-refractivity contribution in [1.29, 1.82) is 0 Å². The third-order valence-electron chi connectivity index (χ3n) is 5.14. The van der Waals surface area contributed by atoms with E-state index >= 15 is 0 Å². The van der Waals surface area contributed by atoms with Crippen molar-refractivity contribution < 1.29 is 22.7 Å². The van der Waals surface area contributed by atoms with Crippen LogP contribution in [0.15, 0.2) is 47.4 Å². The van der Waals surface area contributed by atoms with Gasteiger partial charge in [0, 0.05) is 13.1 Å². The monoisotopic (exact) mass is 432 g/mol. The van der Waals surface area contributed by atoms with Gasteiger partial charge in [-0.25, -0.2) is 8.42 Å². The normalized spacial score (nSPS) is 17.4. The first-order valence-electron chi connectivity index (χ1n) is 10.0. The lowest BCUT2D eigenvalue weighted by Crippen LogP contribution is -2.43. The van der Waals surface area contributed by atoms with Crippen molar-refractivity contribution in [3.05, 3.63) is 48.0 Å². The number of piperidine rings is 1. The van der Waals surface area contributed by atoms with E-state index in [1.807, 2.05) is 26.0 Å². The molecule has 2 aromatic rings. The Bertz CT molecular complexity index is 989. The molecule has 2 aromatic carbocycles. The molecule has 0 radical (unpaired) electrons. The second-order valence-corrected chi connectivity index (χ2v) is 9.24. The Labute approximate surface area is 178 Å². The number of amides is 1. The van der Waals surface area contributed by atoms with Gasteiger partial charge >= 0.3 is 0 Å². The highest BCUT2D eigenvalue weighted by atomic mass is 32.2. The molecule has 3 rings (SSSR count). The summed E-state index contributed by atoms with van der Waals surface area (Å²) < 4.78 is 38.2. The molecule has 0 unspecified atom stereocenters. The molecule has 8 heteroatoms. The van der Waals surface area contributed by atoms with Crippen molar-refractivity contribution in [3.63, 3.8) is 0 Å². The highest BCUT2D eigenvalue weighted by Gasteiger charge is 2.33. The summed E-state index contributed by atoms with van der Waals surface area (Å²) in [7, 11) is -2.13. The molecule has 0 saturated carbocycles. The summed E-state index contributed by atoms with van der Waals surface area (Å²) in [5.41, 5.74) is 1.59. The van der Waals surface area contributed by atoms with Crippen LogP contribution in [0.3, 0.4) is 0 Å². The number of carbonyl (C=O) groups excluding carboxylic acids is 1. The van der Waals surface area contributed by atoms with Crippen molar-refractivity contribution in [1.82, 2.24) is 4.31 Å². The smallest absolute Gasteiger partial charge is 0.243 e. The molecule has 0 spiro atoms. The predicted molar refractivity (Wildman–Crippen MR) is 115 cm³/mol. The van der Waals surface area contributed by atoms with Crippen molar-refractivity contribution in [2.45, 2.75) is 31.6 Å². The van der Waals surface area contributed by atoms with Crippen LogP contribution in [-0.2, 0) is 14.8 Å². The number of hydrogen-bond acceptors (Lipinski definition) is 5. The molecule has 0 aromatic heterocycles. The van der Waals surface area contributed by atoms with Gasteiger partial charge in [-0.3, -0.25) is 4.79 Å². The van der Waals surface area contributed by atoms with Gasteiger partial charge in [0.1, 0.15) is 11.5 Å². The summed E-state index contributed by atoms with van der Waals surface area (Å²) in [6.07, 6.45) is 1.26. The molecule has 0 bridgehead atoms. The second kappa shape index (κ2) is 9.49. The minimum Gasteiger partial charge on any atom is -0.495 e. The summed E-state index contributed by atoms with van der Waals surface area (Å²) in [4.78, 5) is 13.1. The minimum absolute atomic E-state index is 0.148. The predicted octanol–water partition coefficient (Wildman–Crippen LogP) is 3.44. The Morgan fingerprint density at radius 2 is 1.93 bits per heavy atom. The van der Waals surface area contributed by atoms with Gasteiger partial charge in [-0.2, -0.15) is 4.31 Å². The van der Waals surface area contributed by atoms with Gasteiger partial charge < -0.3 is 14.8 Å². The molecule has 30 heavy (non-hydrogen) atoms. The highest BCUT2D eigenvalue weighted by Crippen LogP contribution is 2.29. The van der Waals surface area contributed by atoms with E-state index in [4.69, 9.17) is 9.47 Å². The number of hydrogen-bond donors (Lipinski definition) is 1. The van der Waals surface area contributed by atoms with Crippen molar-refractivity contribution in [2.75, 3.05) is 32.1 Å². The van der Waals surface area contributed by atoms with Gasteiger partial charge in [0.15, 0.2) is 0 Å². The van der Waals surface area contributed by atoms with Gasteiger partial charge in [0.2, 0.25) is 15.9 Å². The van der Waals surface area contributed by atoms with Crippen LogP contribution in [0.2, 0.25) is 0 Å². The van der Waals surface area contributed by atoms with E-state index in [0.717, 1.165) is 5.56 Å². The average Bonchev–Trinajstić information content (AvgIpc) is 2.74. The molecule has 1 saturated heterocycles. The number of nitrogens with zero attached hydrogens (tertiary/aromatic N) is 1. The van der Waals surface area contributed by atoms with Crippen LogP contribution in [0.1, 0.15) is 25.3 Å². The fourth-order valence-corrected chi connectivity index (χ4v) is 5.08. The van der Waals surface area contributed by atoms with E-state index in [2.05, 4.69) is 5.32 Å². The Kier molecular flexibility index (Phi) is 6.99. The number of ether oxygens (including phenoxy) is 2. The highest BCUT2D eigenvalue weighted by molar-refractivity contribution is 7.89. The lowest BCUT2D eigenvalue weighted by molar-refractivity contribution is -0.120. The van der Waals surface area contributed by atoms with Gasteiger partial charge in [0.25, 0.3) is 0 Å². The number of nitrogens with one attached hydrogen (secondary N) is 1. The summed E-state index contributed by atoms with van der Waals surface area (Å²) in [5.74, 6) is 0.565. The molecule has 1 atom stereocenters. The number of benzene rings is 2. The summed E-state index contributed by atoms with van der Waals surface area (Å²) in [6, 6.07) is 11.9.